The molecular weight excluding hydrogens is 348 g/mol. The van der Waals surface area contributed by atoms with Gasteiger partial charge in [-0.25, -0.2) is 10.4 Å². The number of aromatic nitrogens is 2. The molecule has 0 atom stereocenters. The Hall–Kier alpha value is -3.06. The van der Waals surface area contributed by atoms with Gasteiger partial charge in [-0.1, -0.05) is 36.5 Å². The number of para-hydroxylation sites is 2. The van der Waals surface area contributed by atoms with E-state index in [1.54, 1.807) is 12.3 Å². The van der Waals surface area contributed by atoms with Crippen molar-refractivity contribution in [1.82, 2.24) is 15.4 Å². The maximum Gasteiger partial charge on any atom is 0.250 e. The SMILES string of the molecule is C=CCOc1ccc(/C=N\NC(=O)CSc2nc3ccccc3[nH]2)cc1. The molecule has 1 heterocycles. The Morgan fingerprint density at radius 1 is 1.27 bits per heavy atom. The molecule has 0 bridgehead atoms. The molecule has 0 saturated heterocycles. The van der Waals surface area contributed by atoms with Crippen molar-refractivity contribution in [3.8, 4) is 5.75 Å². The molecule has 0 unspecified atom stereocenters. The number of carbonyl (C=O) groups excluding carboxylic acids is 1. The van der Waals surface area contributed by atoms with Gasteiger partial charge in [-0.15, -0.1) is 0 Å². The second kappa shape index (κ2) is 8.87. The molecule has 3 rings (SSSR count). The number of amides is 1. The lowest BCUT2D eigenvalue weighted by Crippen LogP contribution is -2.19. The van der Waals surface area contributed by atoms with Crippen molar-refractivity contribution >= 4 is 34.9 Å². The predicted molar refractivity (Wildman–Crippen MR) is 105 cm³/mol. The zero-order valence-electron chi connectivity index (χ0n) is 14.0. The minimum Gasteiger partial charge on any atom is -0.490 e. The fourth-order valence-corrected chi connectivity index (χ4v) is 2.83. The van der Waals surface area contributed by atoms with Gasteiger partial charge in [0.25, 0.3) is 5.91 Å². The van der Waals surface area contributed by atoms with Crippen molar-refractivity contribution in [1.29, 1.82) is 0 Å². The Bertz CT molecular complexity index is 886. The molecule has 0 radical (unpaired) electrons. The molecule has 0 saturated carbocycles. The van der Waals surface area contributed by atoms with Gasteiger partial charge in [-0.3, -0.25) is 4.79 Å². The van der Waals surface area contributed by atoms with Gasteiger partial charge in [0.2, 0.25) is 0 Å². The number of hydrogen-bond acceptors (Lipinski definition) is 5. The fraction of sp³-hybridized carbons (Fsp3) is 0.105. The number of hydrogen-bond donors (Lipinski definition) is 2. The van der Waals surface area contributed by atoms with Gasteiger partial charge in [0.15, 0.2) is 5.16 Å². The molecule has 132 valence electrons. The predicted octanol–water partition coefficient (Wildman–Crippen LogP) is 3.37. The number of thioether (sulfide) groups is 1. The van der Waals surface area contributed by atoms with Crippen LogP contribution in [0.4, 0.5) is 0 Å². The molecule has 0 fully saturated rings. The van der Waals surface area contributed by atoms with E-state index >= 15 is 0 Å². The average Bonchev–Trinajstić information content (AvgIpc) is 3.09. The number of imidazole rings is 1. The quantitative estimate of drug-likeness (QED) is 0.277. The number of ether oxygens (including phenoxy) is 1. The summed E-state index contributed by atoms with van der Waals surface area (Å²) in [4.78, 5) is 19.5. The highest BCUT2D eigenvalue weighted by Crippen LogP contribution is 2.18. The van der Waals surface area contributed by atoms with Gasteiger partial charge in [-0.05, 0) is 42.0 Å². The standard InChI is InChI=1S/C19H18N4O2S/c1-2-11-25-15-9-7-14(8-10-15)12-20-23-18(24)13-26-19-21-16-5-3-4-6-17(16)22-19/h2-10,12H,1,11,13H2,(H,21,22)(H,23,24)/b20-12-. The summed E-state index contributed by atoms with van der Waals surface area (Å²) >= 11 is 1.33. The number of fused-ring (bicyclic) bond motifs is 1. The first-order chi connectivity index (χ1) is 12.7. The summed E-state index contributed by atoms with van der Waals surface area (Å²) in [6, 6.07) is 15.1. The van der Waals surface area contributed by atoms with Crippen molar-refractivity contribution in [2.75, 3.05) is 12.4 Å². The van der Waals surface area contributed by atoms with E-state index in [-0.39, 0.29) is 11.7 Å². The lowest BCUT2D eigenvalue weighted by atomic mass is 10.2. The summed E-state index contributed by atoms with van der Waals surface area (Å²) in [5, 5.41) is 4.67. The summed E-state index contributed by atoms with van der Waals surface area (Å²) in [6.07, 6.45) is 3.27. The van der Waals surface area contributed by atoms with Crippen LogP contribution in [0.25, 0.3) is 11.0 Å². The van der Waals surface area contributed by atoms with Crippen LogP contribution < -0.4 is 10.2 Å². The third-order valence-electron chi connectivity index (χ3n) is 3.36. The Morgan fingerprint density at radius 3 is 2.85 bits per heavy atom. The van der Waals surface area contributed by atoms with E-state index in [0.717, 1.165) is 22.3 Å². The number of benzene rings is 2. The van der Waals surface area contributed by atoms with Gasteiger partial charge >= 0.3 is 0 Å². The van der Waals surface area contributed by atoms with Crippen LogP contribution in [-0.2, 0) is 4.79 Å². The molecule has 0 spiro atoms. The van der Waals surface area contributed by atoms with Crippen LogP contribution in [0.5, 0.6) is 5.75 Å². The number of hydrazone groups is 1. The average molecular weight is 366 g/mol. The summed E-state index contributed by atoms with van der Waals surface area (Å²) in [5.41, 5.74) is 5.21. The van der Waals surface area contributed by atoms with Crippen molar-refractivity contribution < 1.29 is 9.53 Å². The van der Waals surface area contributed by atoms with Gasteiger partial charge in [0.05, 0.1) is 23.0 Å². The first-order valence-electron chi connectivity index (χ1n) is 7.98. The van der Waals surface area contributed by atoms with Crippen molar-refractivity contribution in [3.63, 3.8) is 0 Å². The monoisotopic (exact) mass is 366 g/mol. The topological polar surface area (TPSA) is 79.4 Å². The Balaban J connectivity index is 1.45. The van der Waals surface area contributed by atoms with Crippen LogP contribution in [0.15, 0.2) is 71.4 Å². The summed E-state index contributed by atoms with van der Waals surface area (Å²) in [5.74, 6) is 0.789. The first-order valence-corrected chi connectivity index (χ1v) is 8.96. The van der Waals surface area contributed by atoms with Gasteiger partial charge in [-0.2, -0.15) is 5.10 Å². The second-order valence-electron chi connectivity index (χ2n) is 5.31. The van der Waals surface area contributed by atoms with E-state index in [1.165, 1.54) is 11.8 Å². The maximum absolute atomic E-state index is 11.9. The van der Waals surface area contributed by atoms with E-state index in [0.29, 0.717) is 11.8 Å². The highest BCUT2D eigenvalue weighted by atomic mass is 32.2. The molecule has 26 heavy (non-hydrogen) atoms. The third kappa shape index (κ3) is 4.97. The number of rotatable bonds is 8. The minimum atomic E-state index is -0.197. The molecule has 1 aromatic heterocycles. The molecule has 2 aromatic carbocycles. The van der Waals surface area contributed by atoms with Gasteiger partial charge in [0.1, 0.15) is 12.4 Å². The molecule has 0 aliphatic carbocycles. The van der Waals surface area contributed by atoms with Crippen LogP contribution in [-0.4, -0.2) is 34.4 Å². The molecule has 7 heteroatoms. The summed E-state index contributed by atoms with van der Waals surface area (Å²) < 4.78 is 5.40. The second-order valence-corrected chi connectivity index (χ2v) is 6.27. The number of H-pyrrole nitrogens is 1. The van der Waals surface area contributed by atoms with Crippen LogP contribution >= 0.6 is 11.8 Å². The summed E-state index contributed by atoms with van der Waals surface area (Å²) in [7, 11) is 0. The largest absolute Gasteiger partial charge is 0.490 e. The lowest BCUT2D eigenvalue weighted by Gasteiger charge is -2.02. The molecule has 0 aliphatic heterocycles. The molecule has 6 nitrogen and oxygen atoms in total. The number of nitrogens with one attached hydrogen (secondary N) is 2. The fourth-order valence-electron chi connectivity index (χ4n) is 2.15. The van der Waals surface area contributed by atoms with Gasteiger partial charge < -0.3 is 9.72 Å². The molecule has 1 amide bonds. The summed E-state index contributed by atoms with van der Waals surface area (Å²) in [6.45, 7) is 4.07. The Morgan fingerprint density at radius 2 is 2.08 bits per heavy atom. The van der Waals surface area contributed by atoms with Crippen molar-refractivity contribution in [2.24, 2.45) is 5.10 Å². The molecule has 2 N–H and O–H groups in total. The third-order valence-corrected chi connectivity index (χ3v) is 4.23. The highest BCUT2D eigenvalue weighted by Gasteiger charge is 2.06. The highest BCUT2D eigenvalue weighted by molar-refractivity contribution is 7.99. The number of aromatic amines is 1. The Kier molecular flexibility index (Phi) is 6.05. The minimum absolute atomic E-state index is 0.197. The van der Waals surface area contributed by atoms with Crippen molar-refractivity contribution in [2.45, 2.75) is 5.16 Å². The van der Waals surface area contributed by atoms with E-state index in [9.17, 15) is 4.79 Å². The maximum atomic E-state index is 11.9. The van der Waals surface area contributed by atoms with E-state index in [4.69, 9.17) is 4.74 Å². The van der Waals surface area contributed by atoms with Crippen LogP contribution in [0.3, 0.4) is 0 Å². The first kappa shape index (κ1) is 17.8. The lowest BCUT2D eigenvalue weighted by molar-refractivity contribution is -0.118. The van der Waals surface area contributed by atoms with Gasteiger partial charge in [0, 0.05) is 0 Å². The van der Waals surface area contributed by atoms with Crippen LogP contribution in [0.1, 0.15) is 5.56 Å². The van der Waals surface area contributed by atoms with E-state index in [1.807, 2.05) is 48.5 Å². The van der Waals surface area contributed by atoms with Crippen molar-refractivity contribution in [3.05, 3.63) is 66.7 Å². The molecule has 0 aliphatic rings. The van der Waals surface area contributed by atoms with Crippen LogP contribution in [0, 0.1) is 0 Å². The number of nitrogens with zero attached hydrogens (tertiary/aromatic N) is 2. The van der Waals surface area contributed by atoms with E-state index < -0.39 is 0 Å². The smallest absolute Gasteiger partial charge is 0.250 e. The zero-order valence-corrected chi connectivity index (χ0v) is 14.8. The Labute approximate surface area is 155 Å². The zero-order chi connectivity index (χ0) is 18.2. The number of carbonyl (C=O) groups is 1. The molecule has 3 aromatic rings. The molecular formula is C19H18N4O2S. The van der Waals surface area contributed by atoms with Crippen LogP contribution in [0.2, 0.25) is 0 Å². The van der Waals surface area contributed by atoms with E-state index in [2.05, 4.69) is 27.1 Å². The normalized spacial score (nSPS) is 10.9.